The first-order chi connectivity index (χ1) is 10.0. The van der Waals surface area contributed by atoms with Crippen molar-refractivity contribution < 1.29 is 19.7 Å². The van der Waals surface area contributed by atoms with Gasteiger partial charge in [-0.2, -0.15) is 0 Å². The van der Waals surface area contributed by atoms with Gasteiger partial charge in [-0.25, -0.2) is 0 Å². The molecule has 0 aliphatic carbocycles. The van der Waals surface area contributed by atoms with Crippen LogP contribution in [0.1, 0.15) is 18.5 Å². The third kappa shape index (κ3) is 3.31. The van der Waals surface area contributed by atoms with E-state index in [2.05, 4.69) is 5.32 Å². The topological polar surface area (TPSA) is 71.0 Å². The molecule has 0 bridgehead atoms. The van der Waals surface area contributed by atoms with Crippen molar-refractivity contribution in [3.05, 3.63) is 42.0 Å². The second-order valence-corrected chi connectivity index (χ2v) is 4.68. The molecule has 1 unspecified atom stereocenters. The number of rotatable bonds is 5. The lowest BCUT2D eigenvalue weighted by molar-refractivity contribution is 0.355. The van der Waals surface area contributed by atoms with Gasteiger partial charge in [-0.15, -0.1) is 0 Å². The first kappa shape index (κ1) is 14.8. The van der Waals surface area contributed by atoms with Crippen LogP contribution in [0.2, 0.25) is 0 Å². The maximum atomic E-state index is 9.87. The number of benzene rings is 2. The summed E-state index contributed by atoms with van der Waals surface area (Å²) in [4.78, 5) is 0. The van der Waals surface area contributed by atoms with E-state index in [1.165, 1.54) is 18.2 Å². The largest absolute Gasteiger partial charge is 0.508 e. The zero-order valence-electron chi connectivity index (χ0n) is 12.3. The summed E-state index contributed by atoms with van der Waals surface area (Å²) in [5, 5.41) is 22.6. The molecule has 0 saturated heterocycles. The Morgan fingerprint density at radius 3 is 2.33 bits per heavy atom. The average molecular weight is 289 g/mol. The van der Waals surface area contributed by atoms with E-state index in [1.54, 1.807) is 20.3 Å². The predicted octanol–water partition coefficient (Wildman–Crippen LogP) is 3.29. The van der Waals surface area contributed by atoms with Crippen molar-refractivity contribution in [1.29, 1.82) is 0 Å². The Balaban J connectivity index is 2.23. The van der Waals surface area contributed by atoms with Crippen LogP contribution in [0.25, 0.3) is 0 Å². The van der Waals surface area contributed by atoms with E-state index in [-0.39, 0.29) is 17.5 Å². The van der Waals surface area contributed by atoms with E-state index in [0.29, 0.717) is 17.1 Å². The Bertz CT molecular complexity index is 628. The molecule has 5 nitrogen and oxygen atoms in total. The van der Waals surface area contributed by atoms with Crippen LogP contribution >= 0.6 is 0 Å². The number of ether oxygens (including phenoxy) is 2. The van der Waals surface area contributed by atoms with Gasteiger partial charge in [-0.3, -0.25) is 0 Å². The number of phenols is 2. The zero-order valence-corrected chi connectivity index (χ0v) is 12.3. The molecular formula is C16H19NO4. The van der Waals surface area contributed by atoms with Crippen molar-refractivity contribution in [2.45, 2.75) is 13.0 Å². The van der Waals surface area contributed by atoms with Gasteiger partial charge < -0.3 is 25.0 Å². The highest BCUT2D eigenvalue weighted by Crippen LogP contribution is 2.33. The van der Waals surface area contributed by atoms with Crippen LogP contribution < -0.4 is 14.8 Å². The number of hydrogen-bond acceptors (Lipinski definition) is 5. The van der Waals surface area contributed by atoms with Crippen molar-refractivity contribution in [3.63, 3.8) is 0 Å². The lowest BCUT2D eigenvalue weighted by Crippen LogP contribution is -2.07. The molecule has 0 aromatic heterocycles. The highest BCUT2D eigenvalue weighted by Gasteiger charge is 2.12. The van der Waals surface area contributed by atoms with E-state index >= 15 is 0 Å². The highest BCUT2D eigenvalue weighted by atomic mass is 16.5. The number of phenolic OH excluding ortho intramolecular Hbond substituents is 2. The molecule has 2 aromatic carbocycles. The summed E-state index contributed by atoms with van der Waals surface area (Å²) in [6.07, 6.45) is 0. The van der Waals surface area contributed by atoms with E-state index in [4.69, 9.17) is 9.47 Å². The summed E-state index contributed by atoms with van der Waals surface area (Å²) in [5.74, 6) is 1.52. The smallest absolute Gasteiger partial charge is 0.162 e. The molecule has 21 heavy (non-hydrogen) atoms. The van der Waals surface area contributed by atoms with E-state index < -0.39 is 0 Å². The molecule has 0 aliphatic heterocycles. The quantitative estimate of drug-likeness (QED) is 0.737. The average Bonchev–Trinajstić information content (AvgIpc) is 2.49. The minimum atomic E-state index is -0.185. The Hall–Kier alpha value is -2.56. The standard InChI is InChI=1S/C16H19NO4/c1-10(13-9-12(18)5-6-14(13)19)17-11-4-7-15(20-2)16(8-11)21-3/h4-10,17-19H,1-3H3. The lowest BCUT2D eigenvalue weighted by atomic mass is 10.1. The molecular weight excluding hydrogens is 270 g/mol. The van der Waals surface area contributed by atoms with Crippen LogP contribution in [0.3, 0.4) is 0 Å². The maximum Gasteiger partial charge on any atom is 0.162 e. The molecule has 112 valence electrons. The van der Waals surface area contributed by atoms with Crippen molar-refractivity contribution in [2.75, 3.05) is 19.5 Å². The monoisotopic (exact) mass is 289 g/mol. The van der Waals surface area contributed by atoms with Crippen LogP contribution in [-0.4, -0.2) is 24.4 Å². The summed E-state index contributed by atoms with van der Waals surface area (Å²) < 4.78 is 10.4. The lowest BCUT2D eigenvalue weighted by Gasteiger charge is -2.18. The molecule has 0 spiro atoms. The number of aromatic hydroxyl groups is 2. The zero-order chi connectivity index (χ0) is 15.4. The minimum absolute atomic E-state index is 0.115. The fourth-order valence-electron chi connectivity index (χ4n) is 2.14. The number of hydrogen-bond donors (Lipinski definition) is 3. The minimum Gasteiger partial charge on any atom is -0.508 e. The molecule has 0 fully saturated rings. The van der Waals surface area contributed by atoms with Crippen molar-refractivity contribution in [1.82, 2.24) is 0 Å². The molecule has 2 rings (SSSR count). The van der Waals surface area contributed by atoms with Gasteiger partial charge in [-0.05, 0) is 37.3 Å². The third-order valence-electron chi connectivity index (χ3n) is 3.24. The predicted molar refractivity (Wildman–Crippen MR) is 81.4 cm³/mol. The summed E-state index contributed by atoms with van der Waals surface area (Å²) in [6.45, 7) is 1.89. The van der Waals surface area contributed by atoms with Gasteiger partial charge in [0.25, 0.3) is 0 Å². The van der Waals surface area contributed by atoms with Crippen LogP contribution in [0.5, 0.6) is 23.0 Å². The molecule has 2 aromatic rings. The van der Waals surface area contributed by atoms with Crippen molar-refractivity contribution in [3.8, 4) is 23.0 Å². The Kier molecular flexibility index (Phi) is 4.42. The number of anilines is 1. The first-order valence-electron chi connectivity index (χ1n) is 6.55. The molecule has 0 amide bonds. The van der Waals surface area contributed by atoms with Crippen LogP contribution in [0.4, 0.5) is 5.69 Å². The van der Waals surface area contributed by atoms with Gasteiger partial charge in [0, 0.05) is 17.3 Å². The molecule has 5 heteroatoms. The SMILES string of the molecule is COc1ccc(NC(C)c2cc(O)ccc2O)cc1OC. The van der Waals surface area contributed by atoms with Crippen LogP contribution in [-0.2, 0) is 0 Å². The molecule has 0 aliphatic rings. The summed E-state index contributed by atoms with van der Waals surface area (Å²) in [7, 11) is 3.16. The molecule has 0 heterocycles. The Morgan fingerprint density at radius 1 is 0.952 bits per heavy atom. The highest BCUT2D eigenvalue weighted by molar-refractivity contribution is 5.56. The van der Waals surface area contributed by atoms with Gasteiger partial charge in [0.1, 0.15) is 11.5 Å². The second kappa shape index (κ2) is 6.26. The van der Waals surface area contributed by atoms with E-state index in [0.717, 1.165) is 5.69 Å². The van der Waals surface area contributed by atoms with Crippen molar-refractivity contribution in [2.24, 2.45) is 0 Å². The summed E-state index contributed by atoms with van der Waals surface area (Å²) in [6, 6.07) is 9.74. The van der Waals surface area contributed by atoms with Crippen molar-refractivity contribution >= 4 is 5.69 Å². The molecule has 1 atom stereocenters. The van der Waals surface area contributed by atoms with E-state index in [9.17, 15) is 10.2 Å². The third-order valence-corrected chi connectivity index (χ3v) is 3.24. The number of nitrogens with one attached hydrogen (secondary N) is 1. The Labute approximate surface area is 123 Å². The maximum absolute atomic E-state index is 9.87. The van der Waals surface area contributed by atoms with Gasteiger partial charge >= 0.3 is 0 Å². The fraction of sp³-hybridized carbons (Fsp3) is 0.250. The van der Waals surface area contributed by atoms with Gasteiger partial charge in [-0.1, -0.05) is 0 Å². The fourth-order valence-corrected chi connectivity index (χ4v) is 2.14. The normalized spacial score (nSPS) is 11.8. The first-order valence-corrected chi connectivity index (χ1v) is 6.55. The second-order valence-electron chi connectivity index (χ2n) is 4.68. The van der Waals surface area contributed by atoms with E-state index in [1.807, 2.05) is 19.1 Å². The summed E-state index contributed by atoms with van der Waals surface area (Å²) >= 11 is 0. The summed E-state index contributed by atoms with van der Waals surface area (Å²) in [5.41, 5.74) is 1.44. The molecule has 3 N–H and O–H groups in total. The van der Waals surface area contributed by atoms with Gasteiger partial charge in [0.05, 0.1) is 20.3 Å². The van der Waals surface area contributed by atoms with Gasteiger partial charge in [0.15, 0.2) is 11.5 Å². The number of methoxy groups -OCH3 is 2. The molecule has 0 radical (unpaired) electrons. The van der Waals surface area contributed by atoms with Gasteiger partial charge in [0.2, 0.25) is 0 Å². The van der Waals surface area contributed by atoms with Crippen LogP contribution in [0, 0.1) is 0 Å². The van der Waals surface area contributed by atoms with Crippen LogP contribution in [0.15, 0.2) is 36.4 Å². The Morgan fingerprint density at radius 2 is 1.67 bits per heavy atom. The molecule has 0 saturated carbocycles.